The molecule has 0 aliphatic carbocycles. The number of benzene rings is 1. The Labute approximate surface area is 121 Å². The second kappa shape index (κ2) is 6.45. The Hall–Kier alpha value is -0.980. The zero-order valence-corrected chi connectivity index (χ0v) is 12.5. The van der Waals surface area contributed by atoms with E-state index in [2.05, 4.69) is 26.1 Å². The molecule has 1 aliphatic heterocycles. The van der Waals surface area contributed by atoms with Crippen LogP contribution in [0.5, 0.6) is 0 Å². The molecule has 1 saturated heterocycles. The first kappa shape index (κ1) is 14.4. The fourth-order valence-electron chi connectivity index (χ4n) is 2.45. The second-order valence-corrected chi connectivity index (χ2v) is 5.86. The number of rotatable bonds is 4. The quantitative estimate of drug-likeness (QED) is 0.682. The lowest BCUT2D eigenvalue weighted by Gasteiger charge is -2.31. The van der Waals surface area contributed by atoms with Gasteiger partial charge in [0.2, 0.25) is 0 Å². The summed E-state index contributed by atoms with van der Waals surface area (Å²) in [6.45, 7) is 2.64. The number of nitro benzene ring substituents is 1. The van der Waals surface area contributed by atoms with Gasteiger partial charge in [0.15, 0.2) is 0 Å². The molecular weight excluding hydrogens is 310 g/mol. The first-order valence-electron chi connectivity index (χ1n) is 6.41. The lowest BCUT2D eigenvalue weighted by Crippen LogP contribution is -2.43. The highest BCUT2D eigenvalue weighted by molar-refractivity contribution is 9.10. The fraction of sp³-hybridized carbons (Fsp3) is 0.538. The van der Waals surface area contributed by atoms with Crippen LogP contribution in [0.3, 0.4) is 0 Å². The number of piperidine rings is 1. The van der Waals surface area contributed by atoms with Gasteiger partial charge in [-0.1, -0.05) is 15.9 Å². The summed E-state index contributed by atoms with van der Waals surface area (Å²) in [4.78, 5) is 13.0. The highest BCUT2D eigenvalue weighted by atomic mass is 79.9. The van der Waals surface area contributed by atoms with Crippen LogP contribution in [0.4, 0.5) is 5.69 Å². The molecule has 0 spiro atoms. The Morgan fingerprint density at radius 3 is 3.00 bits per heavy atom. The molecule has 1 fully saturated rings. The summed E-state index contributed by atoms with van der Waals surface area (Å²) in [5, 5.41) is 14.5. The third-order valence-corrected chi connectivity index (χ3v) is 4.05. The van der Waals surface area contributed by atoms with Crippen molar-refractivity contribution in [1.82, 2.24) is 10.2 Å². The molecule has 1 heterocycles. The van der Waals surface area contributed by atoms with E-state index in [1.54, 1.807) is 6.07 Å². The smallest absolute Gasteiger partial charge is 0.275 e. The van der Waals surface area contributed by atoms with Crippen molar-refractivity contribution in [2.24, 2.45) is 0 Å². The van der Waals surface area contributed by atoms with Crippen LogP contribution in [0.15, 0.2) is 22.7 Å². The van der Waals surface area contributed by atoms with Crippen LogP contribution in [0, 0.1) is 10.1 Å². The average Bonchev–Trinajstić information content (AvgIpc) is 2.41. The molecule has 0 saturated carbocycles. The first-order chi connectivity index (χ1) is 9.08. The molecule has 1 aromatic carbocycles. The molecule has 5 nitrogen and oxygen atoms in total. The molecule has 1 atom stereocenters. The summed E-state index contributed by atoms with van der Waals surface area (Å²) in [6, 6.07) is 5.71. The summed E-state index contributed by atoms with van der Waals surface area (Å²) in [5.74, 6) is 0. The number of nitrogens with one attached hydrogen (secondary N) is 1. The summed E-state index contributed by atoms with van der Waals surface area (Å²) in [6.07, 6.45) is 2.31. The highest BCUT2D eigenvalue weighted by Crippen LogP contribution is 2.25. The molecule has 6 heteroatoms. The zero-order chi connectivity index (χ0) is 13.8. The molecule has 0 bridgehead atoms. The van der Waals surface area contributed by atoms with E-state index in [1.807, 2.05) is 19.2 Å². The minimum atomic E-state index is -0.312. The Morgan fingerprint density at radius 2 is 2.37 bits per heavy atom. The molecule has 0 radical (unpaired) electrons. The molecule has 1 aromatic rings. The lowest BCUT2D eigenvalue weighted by atomic mass is 10.1. The number of hydrogen-bond acceptors (Lipinski definition) is 4. The van der Waals surface area contributed by atoms with E-state index in [9.17, 15) is 10.1 Å². The fourth-order valence-corrected chi connectivity index (χ4v) is 2.80. The monoisotopic (exact) mass is 327 g/mol. The molecule has 104 valence electrons. The van der Waals surface area contributed by atoms with E-state index in [1.165, 1.54) is 0 Å². The van der Waals surface area contributed by atoms with E-state index >= 15 is 0 Å². The average molecular weight is 328 g/mol. The number of nitro groups is 1. The van der Waals surface area contributed by atoms with Gasteiger partial charge in [0, 0.05) is 35.2 Å². The van der Waals surface area contributed by atoms with Crippen molar-refractivity contribution in [3.8, 4) is 0 Å². The van der Waals surface area contributed by atoms with E-state index in [4.69, 9.17) is 0 Å². The van der Waals surface area contributed by atoms with Crippen molar-refractivity contribution >= 4 is 21.6 Å². The minimum Gasteiger partial charge on any atom is -0.315 e. The van der Waals surface area contributed by atoms with Gasteiger partial charge in [-0.25, -0.2) is 0 Å². The highest BCUT2D eigenvalue weighted by Gasteiger charge is 2.21. The maximum absolute atomic E-state index is 11.1. The summed E-state index contributed by atoms with van der Waals surface area (Å²) in [5.41, 5.74) is 0.950. The van der Waals surface area contributed by atoms with E-state index in [-0.39, 0.29) is 10.6 Å². The van der Waals surface area contributed by atoms with Crippen LogP contribution >= 0.6 is 15.9 Å². The minimum absolute atomic E-state index is 0.185. The Bertz CT molecular complexity index is 461. The topological polar surface area (TPSA) is 58.4 Å². The third-order valence-electron chi connectivity index (χ3n) is 3.56. The molecule has 19 heavy (non-hydrogen) atoms. The molecular formula is C13H18BrN3O2. The van der Waals surface area contributed by atoms with Gasteiger partial charge >= 0.3 is 0 Å². The van der Waals surface area contributed by atoms with Crippen LogP contribution in [0.25, 0.3) is 0 Å². The number of hydrogen-bond donors (Lipinski definition) is 1. The van der Waals surface area contributed by atoms with Crippen molar-refractivity contribution in [1.29, 1.82) is 0 Å². The van der Waals surface area contributed by atoms with E-state index < -0.39 is 0 Å². The van der Waals surface area contributed by atoms with E-state index in [0.717, 1.165) is 36.0 Å². The zero-order valence-electron chi connectivity index (χ0n) is 10.9. The predicted octanol–water partition coefficient (Wildman–Crippen LogP) is 2.54. The van der Waals surface area contributed by atoms with Crippen molar-refractivity contribution in [3.63, 3.8) is 0 Å². The van der Waals surface area contributed by atoms with Crippen LogP contribution in [0.2, 0.25) is 0 Å². The van der Waals surface area contributed by atoms with Crippen molar-refractivity contribution < 1.29 is 4.92 Å². The van der Waals surface area contributed by atoms with Gasteiger partial charge in [-0.2, -0.15) is 0 Å². The predicted molar refractivity (Wildman–Crippen MR) is 78.2 cm³/mol. The third kappa shape index (κ3) is 3.75. The molecule has 0 amide bonds. The number of nitrogens with zero attached hydrogens (tertiary/aromatic N) is 2. The number of halogens is 1. The maximum Gasteiger partial charge on any atom is 0.275 e. The van der Waals surface area contributed by atoms with Gasteiger partial charge in [-0.15, -0.1) is 0 Å². The van der Waals surface area contributed by atoms with Crippen LogP contribution in [0.1, 0.15) is 18.4 Å². The van der Waals surface area contributed by atoms with Crippen molar-refractivity contribution in [2.75, 3.05) is 20.1 Å². The van der Waals surface area contributed by atoms with Gasteiger partial charge in [-0.05, 0) is 38.6 Å². The van der Waals surface area contributed by atoms with Gasteiger partial charge < -0.3 is 5.32 Å². The first-order valence-corrected chi connectivity index (χ1v) is 7.21. The van der Waals surface area contributed by atoms with Crippen LogP contribution in [-0.4, -0.2) is 36.0 Å². The maximum atomic E-state index is 11.1. The molecule has 1 N–H and O–H groups in total. The van der Waals surface area contributed by atoms with Gasteiger partial charge in [-0.3, -0.25) is 15.0 Å². The van der Waals surface area contributed by atoms with Gasteiger partial charge in [0.25, 0.3) is 5.69 Å². The summed E-state index contributed by atoms with van der Waals surface area (Å²) >= 11 is 3.28. The number of likely N-dealkylation sites (N-methyl/N-ethyl adjacent to an activating group) is 1. The summed E-state index contributed by atoms with van der Waals surface area (Å²) < 4.78 is 0.741. The van der Waals surface area contributed by atoms with Crippen molar-refractivity contribution in [3.05, 3.63) is 38.3 Å². The van der Waals surface area contributed by atoms with Crippen LogP contribution < -0.4 is 5.32 Å². The van der Waals surface area contributed by atoms with Crippen molar-refractivity contribution in [2.45, 2.75) is 25.4 Å². The van der Waals surface area contributed by atoms with Gasteiger partial charge in [0.05, 0.1) is 4.92 Å². The SMILES string of the molecule is CN(Cc1ccc(Br)cc1[N+](=O)[O-])C1CCCNC1. The largest absolute Gasteiger partial charge is 0.315 e. The Balaban J connectivity index is 2.11. The Morgan fingerprint density at radius 1 is 1.58 bits per heavy atom. The van der Waals surface area contributed by atoms with Gasteiger partial charge in [0.1, 0.15) is 0 Å². The Kier molecular flexibility index (Phi) is 4.90. The second-order valence-electron chi connectivity index (χ2n) is 4.95. The van der Waals surface area contributed by atoms with Crippen LogP contribution in [-0.2, 0) is 6.54 Å². The molecule has 2 rings (SSSR count). The van der Waals surface area contributed by atoms with E-state index in [0.29, 0.717) is 12.6 Å². The normalized spacial score (nSPS) is 19.6. The lowest BCUT2D eigenvalue weighted by molar-refractivity contribution is -0.385. The summed E-state index contributed by atoms with van der Waals surface area (Å²) in [7, 11) is 2.03. The molecule has 1 unspecified atom stereocenters. The standard InChI is InChI=1S/C13H18BrN3O2/c1-16(12-3-2-6-15-8-12)9-10-4-5-11(14)7-13(10)17(18)19/h4-5,7,12,15H,2-3,6,8-9H2,1H3. The molecule has 0 aromatic heterocycles. The molecule has 1 aliphatic rings.